The normalized spacial score (nSPS) is 14.8. The van der Waals surface area contributed by atoms with Crippen LogP contribution in [-0.4, -0.2) is 47.5 Å². The van der Waals surface area contributed by atoms with Gasteiger partial charge in [-0.05, 0) is 49.7 Å². The van der Waals surface area contributed by atoms with Crippen LogP contribution in [0.5, 0.6) is 0 Å². The second-order valence-electron chi connectivity index (χ2n) is 9.73. The van der Waals surface area contributed by atoms with E-state index in [0.29, 0.717) is 23.3 Å². The van der Waals surface area contributed by atoms with Crippen LogP contribution in [0, 0.1) is 0 Å². The molecule has 188 valence electrons. The van der Waals surface area contributed by atoms with E-state index >= 15 is 0 Å². The summed E-state index contributed by atoms with van der Waals surface area (Å²) in [5.41, 5.74) is 5.52. The Bertz CT molecular complexity index is 1640. The van der Waals surface area contributed by atoms with E-state index in [1.54, 1.807) is 12.5 Å². The Kier molecular flexibility index (Phi) is 5.79. The zero-order valence-electron chi connectivity index (χ0n) is 20.9. The minimum Gasteiger partial charge on any atom is -0.461 e. The molecule has 4 aromatic heterocycles. The number of furan rings is 1. The van der Waals surface area contributed by atoms with Crippen LogP contribution in [0.2, 0.25) is 0 Å². The van der Waals surface area contributed by atoms with Crippen molar-refractivity contribution in [2.24, 2.45) is 0 Å². The molecule has 0 atom stereocenters. The van der Waals surface area contributed by atoms with E-state index in [2.05, 4.69) is 78.0 Å². The van der Waals surface area contributed by atoms with Crippen LogP contribution in [0.1, 0.15) is 30.1 Å². The summed E-state index contributed by atoms with van der Waals surface area (Å²) in [5, 5.41) is 7.46. The predicted octanol–water partition coefficient (Wildman–Crippen LogP) is 5.82. The van der Waals surface area contributed by atoms with E-state index in [9.17, 15) is 0 Å². The average Bonchev–Trinajstić information content (AvgIpc) is 3.74. The number of hydrogen-bond donors (Lipinski definition) is 1. The molecule has 1 saturated heterocycles. The maximum Gasteiger partial charge on any atom is 0.234 e. The first-order valence-corrected chi connectivity index (χ1v) is 13.0. The lowest BCUT2D eigenvalue weighted by Gasteiger charge is -2.30. The molecule has 1 aliphatic heterocycles. The van der Waals surface area contributed by atoms with Crippen LogP contribution < -0.4 is 0 Å². The molecule has 0 amide bonds. The van der Waals surface area contributed by atoms with Crippen molar-refractivity contribution in [2.45, 2.75) is 25.3 Å². The highest BCUT2D eigenvalue weighted by Crippen LogP contribution is 2.33. The fraction of sp³-hybridized carbons (Fsp3) is 0.200. The molecule has 0 spiro atoms. The number of imidazole rings is 1. The van der Waals surface area contributed by atoms with Gasteiger partial charge in [-0.25, -0.2) is 15.0 Å². The summed E-state index contributed by atoms with van der Waals surface area (Å²) in [6.45, 7) is 2.98. The number of benzene rings is 2. The Hall–Kier alpha value is -4.56. The molecule has 0 saturated carbocycles. The van der Waals surface area contributed by atoms with Crippen molar-refractivity contribution in [1.82, 2.24) is 34.4 Å². The quantitative estimate of drug-likeness (QED) is 0.309. The van der Waals surface area contributed by atoms with Gasteiger partial charge < -0.3 is 4.42 Å². The number of H-pyrrole nitrogens is 1. The van der Waals surface area contributed by atoms with Crippen LogP contribution in [0.3, 0.4) is 0 Å². The molecular formula is C30H27N7O. The molecule has 1 aliphatic rings. The minimum atomic E-state index is 0.393. The van der Waals surface area contributed by atoms with Crippen LogP contribution in [0.4, 0.5) is 0 Å². The van der Waals surface area contributed by atoms with E-state index < -0.39 is 0 Å². The van der Waals surface area contributed by atoms with Crippen molar-refractivity contribution >= 4 is 5.78 Å². The summed E-state index contributed by atoms with van der Waals surface area (Å²) in [5.74, 6) is 3.38. The topological polar surface area (TPSA) is 88.1 Å². The van der Waals surface area contributed by atoms with Crippen molar-refractivity contribution in [1.29, 1.82) is 0 Å². The molecule has 6 aromatic rings. The van der Waals surface area contributed by atoms with Crippen LogP contribution in [-0.2, 0) is 6.54 Å². The molecule has 2 aromatic carbocycles. The number of rotatable bonds is 6. The fourth-order valence-electron chi connectivity index (χ4n) is 5.32. The van der Waals surface area contributed by atoms with Gasteiger partial charge in [-0.2, -0.15) is 5.10 Å². The Morgan fingerprint density at radius 1 is 0.868 bits per heavy atom. The number of piperidine rings is 1. The number of aromatic amines is 1. The molecule has 1 fully saturated rings. The molecule has 5 heterocycles. The van der Waals surface area contributed by atoms with E-state index in [-0.39, 0.29) is 0 Å². The Morgan fingerprint density at radius 3 is 2.50 bits per heavy atom. The third-order valence-corrected chi connectivity index (χ3v) is 7.30. The van der Waals surface area contributed by atoms with Gasteiger partial charge >= 0.3 is 0 Å². The van der Waals surface area contributed by atoms with Gasteiger partial charge in [-0.1, -0.05) is 54.6 Å². The first kappa shape index (κ1) is 22.6. The summed E-state index contributed by atoms with van der Waals surface area (Å²) >= 11 is 0. The van der Waals surface area contributed by atoms with E-state index in [1.165, 1.54) is 5.56 Å². The lowest BCUT2D eigenvalue weighted by atomic mass is 9.95. The SMILES string of the molecule is c1ccc(-c2c(-c3ccc(CN4CCC(c5nc(-c6ccco6)n[nH]5)CC4)cc3)nc3ncccn23)cc1. The summed E-state index contributed by atoms with van der Waals surface area (Å²) in [6.07, 6.45) is 7.57. The molecule has 0 bridgehead atoms. The summed E-state index contributed by atoms with van der Waals surface area (Å²) in [7, 11) is 0. The number of aromatic nitrogens is 6. The summed E-state index contributed by atoms with van der Waals surface area (Å²) in [6, 6.07) is 24.9. The van der Waals surface area contributed by atoms with Gasteiger partial charge in [0.05, 0.1) is 17.7 Å². The van der Waals surface area contributed by atoms with Gasteiger partial charge in [0, 0.05) is 36.0 Å². The molecule has 0 aliphatic carbocycles. The van der Waals surface area contributed by atoms with Crippen molar-refractivity contribution in [3.05, 3.63) is 103 Å². The average molecular weight is 502 g/mol. The van der Waals surface area contributed by atoms with E-state index in [1.807, 2.05) is 30.5 Å². The third-order valence-electron chi connectivity index (χ3n) is 7.30. The van der Waals surface area contributed by atoms with E-state index in [4.69, 9.17) is 9.40 Å². The maximum absolute atomic E-state index is 5.42. The molecule has 0 radical (unpaired) electrons. The second-order valence-corrected chi connectivity index (χ2v) is 9.73. The minimum absolute atomic E-state index is 0.393. The zero-order valence-corrected chi connectivity index (χ0v) is 20.9. The third kappa shape index (κ3) is 4.29. The Morgan fingerprint density at radius 2 is 1.71 bits per heavy atom. The molecule has 38 heavy (non-hydrogen) atoms. The lowest BCUT2D eigenvalue weighted by molar-refractivity contribution is 0.202. The van der Waals surface area contributed by atoms with Crippen LogP contribution in [0.15, 0.2) is 95.9 Å². The highest BCUT2D eigenvalue weighted by Gasteiger charge is 2.24. The second kappa shape index (κ2) is 9.72. The molecule has 0 unspecified atom stereocenters. The molecule has 8 nitrogen and oxygen atoms in total. The molecule has 7 rings (SSSR count). The van der Waals surface area contributed by atoms with Crippen molar-refractivity contribution in [3.8, 4) is 34.1 Å². The lowest BCUT2D eigenvalue weighted by Crippen LogP contribution is -2.32. The van der Waals surface area contributed by atoms with Gasteiger partial charge in [0.1, 0.15) is 5.82 Å². The smallest absolute Gasteiger partial charge is 0.234 e. The standard InChI is InChI=1S/C30H27N7O/c1-2-6-23(7-3-1)27-26(32-30-31-15-5-16-37(27)30)22-11-9-21(10-12-22)20-36-17-13-24(14-18-36)28-33-29(35-34-28)25-8-4-19-38-25/h1-12,15-16,19,24H,13-14,17-18,20H2,(H,33,34,35). The van der Waals surface area contributed by atoms with Gasteiger partial charge in [-0.3, -0.25) is 14.4 Å². The summed E-state index contributed by atoms with van der Waals surface area (Å²) < 4.78 is 7.49. The predicted molar refractivity (Wildman–Crippen MR) is 145 cm³/mol. The van der Waals surface area contributed by atoms with Crippen LogP contribution in [0.25, 0.3) is 39.9 Å². The maximum atomic E-state index is 5.42. The number of nitrogens with zero attached hydrogens (tertiary/aromatic N) is 6. The zero-order chi connectivity index (χ0) is 25.3. The highest BCUT2D eigenvalue weighted by molar-refractivity contribution is 5.81. The first-order valence-electron chi connectivity index (χ1n) is 13.0. The van der Waals surface area contributed by atoms with Crippen molar-refractivity contribution in [2.75, 3.05) is 13.1 Å². The number of nitrogens with one attached hydrogen (secondary N) is 1. The van der Waals surface area contributed by atoms with E-state index in [0.717, 1.165) is 60.8 Å². The summed E-state index contributed by atoms with van der Waals surface area (Å²) in [4.78, 5) is 16.6. The fourth-order valence-corrected chi connectivity index (χ4v) is 5.32. The number of likely N-dealkylation sites (tertiary alicyclic amines) is 1. The Balaban J connectivity index is 1.05. The first-order chi connectivity index (χ1) is 18.8. The van der Waals surface area contributed by atoms with Crippen molar-refractivity contribution < 1.29 is 4.42 Å². The van der Waals surface area contributed by atoms with Gasteiger partial charge in [0.15, 0.2) is 5.76 Å². The largest absolute Gasteiger partial charge is 0.461 e. The molecule has 1 N–H and O–H groups in total. The van der Waals surface area contributed by atoms with Gasteiger partial charge in [0.25, 0.3) is 0 Å². The molecule has 8 heteroatoms. The van der Waals surface area contributed by atoms with Gasteiger partial charge in [-0.15, -0.1) is 0 Å². The van der Waals surface area contributed by atoms with Gasteiger partial charge in [0.2, 0.25) is 11.6 Å². The van der Waals surface area contributed by atoms with Crippen LogP contribution >= 0.6 is 0 Å². The number of hydrogen-bond acceptors (Lipinski definition) is 6. The highest BCUT2D eigenvalue weighted by atomic mass is 16.3. The monoisotopic (exact) mass is 501 g/mol. The number of fused-ring (bicyclic) bond motifs is 1. The van der Waals surface area contributed by atoms with Crippen molar-refractivity contribution in [3.63, 3.8) is 0 Å². The Labute approximate surface area is 220 Å². The molecular weight excluding hydrogens is 474 g/mol.